The van der Waals surface area contributed by atoms with Crippen LogP contribution in [-0.2, 0) is 4.79 Å². The summed E-state index contributed by atoms with van der Waals surface area (Å²) < 4.78 is 0. The van der Waals surface area contributed by atoms with Gasteiger partial charge in [0.25, 0.3) is 0 Å². The molecule has 1 aliphatic carbocycles. The molecule has 1 amide bonds. The van der Waals surface area contributed by atoms with Crippen LogP contribution < -0.4 is 5.32 Å². The number of rotatable bonds is 2. The van der Waals surface area contributed by atoms with Gasteiger partial charge in [0.1, 0.15) is 0 Å². The predicted molar refractivity (Wildman–Crippen MR) is 34.5 cm³/mol. The Morgan fingerprint density at radius 2 is 2.33 bits per heavy atom. The molecule has 0 aromatic heterocycles. The van der Waals surface area contributed by atoms with E-state index < -0.39 is 0 Å². The Bertz CT molecular complexity index is 141. The lowest BCUT2D eigenvalue weighted by molar-refractivity contribution is -0.110. The van der Waals surface area contributed by atoms with Gasteiger partial charge >= 0.3 is 0 Å². The van der Waals surface area contributed by atoms with Crippen LogP contribution in [-0.4, -0.2) is 12.5 Å². The van der Waals surface area contributed by atoms with Crippen LogP contribution in [0.25, 0.3) is 0 Å². The van der Waals surface area contributed by atoms with E-state index in [0.717, 1.165) is 19.3 Å². The van der Waals surface area contributed by atoms with Crippen LogP contribution in [0.5, 0.6) is 0 Å². The van der Waals surface area contributed by atoms with Gasteiger partial charge in [-0.05, 0) is 12.8 Å². The molecule has 1 saturated carbocycles. The first-order valence-electron chi connectivity index (χ1n) is 3.02. The second-order valence-electron chi connectivity index (χ2n) is 2.32. The van der Waals surface area contributed by atoms with Crippen molar-refractivity contribution in [2.75, 3.05) is 0 Å². The number of carbonyl (C=O) groups is 1. The van der Waals surface area contributed by atoms with Crippen molar-refractivity contribution in [3.63, 3.8) is 0 Å². The highest BCUT2D eigenvalue weighted by atomic mass is 16.1. The molecule has 0 heterocycles. The fraction of sp³-hybridized carbons (Fsp3) is 0.571. The number of terminal acetylenes is 1. The van der Waals surface area contributed by atoms with Crippen molar-refractivity contribution in [2.24, 2.45) is 5.92 Å². The molecule has 9 heavy (non-hydrogen) atoms. The van der Waals surface area contributed by atoms with E-state index in [0.29, 0.717) is 12.0 Å². The monoisotopic (exact) mass is 123 g/mol. The molecule has 0 spiro atoms. The standard InChI is InChI=1S/C7H9NO/c1-2-6-3-7(4-6)8-5-9/h1,5-7H,3-4H2,(H,8,9)/t6-,7-. The predicted octanol–water partition coefficient (Wildman–Crippen LogP) is 0.144. The molecule has 1 aliphatic rings. The minimum atomic E-state index is 0.351. The molecule has 1 rings (SSSR count). The summed E-state index contributed by atoms with van der Waals surface area (Å²) in [5.41, 5.74) is 0. The van der Waals surface area contributed by atoms with E-state index in [2.05, 4.69) is 11.2 Å². The average Bonchev–Trinajstić information content (AvgIpc) is 1.77. The summed E-state index contributed by atoms with van der Waals surface area (Å²) in [7, 11) is 0. The Morgan fingerprint density at radius 1 is 1.67 bits per heavy atom. The molecular formula is C7H9NO. The molecule has 0 radical (unpaired) electrons. The van der Waals surface area contributed by atoms with Gasteiger partial charge in [-0.15, -0.1) is 12.3 Å². The molecule has 0 aromatic carbocycles. The van der Waals surface area contributed by atoms with E-state index in [1.54, 1.807) is 0 Å². The van der Waals surface area contributed by atoms with Crippen LogP contribution >= 0.6 is 0 Å². The molecule has 48 valence electrons. The Kier molecular flexibility index (Phi) is 1.74. The van der Waals surface area contributed by atoms with Gasteiger partial charge in [0, 0.05) is 12.0 Å². The second kappa shape index (κ2) is 2.54. The zero-order valence-electron chi connectivity index (χ0n) is 5.13. The summed E-state index contributed by atoms with van der Waals surface area (Å²) in [6.07, 6.45) is 7.77. The van der Waals surface area contributed by atoms with Gasteiger partial charge in [-0.3, -0.25) is 4.79 Å². The maximum absolute atomic E-state index is 9.84. The van der Waals surface area contributed by atoms with E-state index in [9.17, 15) is 4.79 Å². The van der Waals surface area contributed by atoms with Crippen LogP contribution in [0.2, 0.25) is 0 Å². The first kappa shape index (κ1) is 6.15. The first-order valence-corrected chi connectivity index (χ1v) is 3.02. The molecule has 0 aromatic rings. The van der Waals surface area contributed by atoms with E-state index in [1.165, 1.54) is 0 Å². The first-order chi connectivity index (χ1) is 4.36. The van der Waals surface area contributed by atoms with Gasteiger partial charge in [0.15, 0.2) is 0 Å². The van der Waals surface area contributed by atoms with Gasteiger partial charge < -0.3 is 5.32 Å². The lowest BCUT2D eigenvalue weighted by atomic mass is 9.81. The third-order valence-corrected chi connectivity index (χ3v) is 1.68. The van der Waals surface area contributed by atoms with Gasteiger partial charge in [-0.25, -0.2) is 0 Å². The molecular weight excluding hydrogens is 114 g/mol. The average molecular weight is 123 g/mol. The third kappa shape index (κ3) is 1.23. The molecule has 2 heteroatoms. The number of carbonyl (C=O) groups excluding carboxylic acids is 1. The molecule has 0 bridgehead atoms. The molecule has 1 fully saturated rings. The van der Waals surface area contributed by atoms with Gasteiger partial charge in [-0.1, -0.05) is 0 Å². The topological polar surface area (TPSA) is 29.1 Å². The van der Waals surface area contributed by atoms with Gasteiger partial charge in [0.05, 0.1) is 0 Å². The number of hydrogen-bond donors (Lipinski definition) is 1. The molecule has 0 atom stereocenters. The minimum absolute atomic E-state index is 0.351. The van der Waals surface area contributed by atoms with Crippen molar-refractivity contribution in [3.8, 4) is 12.3 Å². The Labute approximate surface area is 54.6 Å². The van der Waals surface area contributed by atoms with E-state index in [4.69, 9.17) is 6.42 Å². The summed E-state index contributed by atoms with van der Waals surface area (Å²) in [6, 6.07) is 0.351. The lowest BCUT2D eigenvalue weighted by Crippen LogP contribution is -2.39. The zero-order valence-corrected chi connectivity index (χ0v) is 5.13. The van der Waals surface area contributed by atoms with E-state index in [1.807, 2.05) is 0 Å². The van der Waals surface area contributed by atoms with Gasteiger partial charge in [-0.2, -0.15) is 0 Å². The molecule has 1 N–H and O–H groups in total. The Hall–Kier alpha value is -0.970. The van der Waals surface area contributed by atoms with Crippen LogP contribution in [0.3, 0.4) is 0 Å². The normalized spacial score (nSPS) is 31.9. The second-order valence-corrected chi connectivity index (χ2v) is 2.32. The molecule has 0 saturated heterocycles. The van der Waals surface area contributed by atoms with E-state index >= 15 is 0 Å². The highest BCUT2D eigenvalue weighted by Gasteiger charge is 2.26. The molecule has 2 nitrogen and oxygen atoms in total. The number of amides is 1. The maximum atomic E-state index is 9.84. The van der Waals surface area contributed by atoms with E-state index in [-0.39, 0.29) is 0 Å². The van der Waals surface area contributed by atoms with Crippen molar-refractivity contribution >= 4 is 6.41 Å². The summed E-state index contributed by atoms with van der Waals surface area (Å²) >= 11 is 0. The van der Waals surface area contributed by atoms with Crippen molar-refractivity contribution in [2.45, 2.75) is 18.9 Å². The lowest BCUT2D eigenvalue weighted by Gasteiger charge is -2.30. The Balaban J connectivity index is 2.13. The van der Waals surface area contributed by atoms with Gasteiger partial charge in [0.2, 0.25) is 6.41 Å². The maximum Gasteiger partial charge on any atom is 0.207 e. The number of hydrogen-bond acceptors (Lipinski definition) is 1. The highest BCUT2D eigenvalue weighted by molar-refractivity contribution is 5.47. The summed E-state index contributed by atoms with van der Waals surface area (Å²) in [5, 5.41) is 2.67. The van der Waals surface area contributed by atoms with Crippen LogP contribution in [0, 0.1) is 18.3 Å². The Morgan fingerprint density at radius 3 is 2.78 bits per heavy atom. The summed E-state index contributed by atoms with van der Waals surface area (Å²) in [6.45, 7) is 0. The van der Waals surface area contributed by atoms with Crippen molar-refractivity contribution < 1.29 is 4.79 Å². The fourth-order valence-corrected chi connectivity index (χ4v) is 0.986. The molecule has 0 unspecified atom stereocenters. The fourth-order valence-electron chi connectivity index (χ4n) is 0.986. The van der Waals surface area contributed by atoms with Crippen LogP contribution in [0.1, 0.15) is 12.8 Å². The number of nitrogens with one attached hydrogen (secondary N) is 1. The summed E-state index contributed by atoms with van der Waals surface area (Å²) in [4.78, 5) is 9.84. The van der Waals surface area contributed by atoms with Crippen LogP contribution in [0.15, 0.2) is 0 Å². The zero-order chi connectivity index (χ0) is 6.69. The third-order valence-electron chi connectivity index (χ3n) is 1.68. The highest BCUT2D eigenvalue weighted by Crippen LogP contribution is 2.25. The smallest absolute Gasteiger partial charge is 0.207 e. The van der Waals surface area contributed by atoms with Crippen molar-refractivity contribution in [1.82, 2.24) is 5.32 Å². The summed E-state index contributed by atoms with van der Waals surface area (Å²) in [5.74, 6) is 3.04. The van der Waals surface area contributed by atoms with Crippen molar-refractivity contribution in [1.29, 1.82) is 0 Å². The largest absolute Gasteiger partial charge is 0.356 e. The SMILES string of the molecule is C#C[C@H]1C[C@H](NC=O)C1. The molecule has 0 aliphatic heterocycles. The van der Waals surface area contributed by atoms with Crippen molar-refractivity contribution in [3.05, 3.63) is 0 Å². The quantitative estimate of drug-likeness (QED) is 0.411. The van der Waals surface area contributed by atoms with Crippen LogP contribution in [0.4, 0.5) is 0 Å². The minimum Gasteiger partial charge on any atom is -0.356 e.